The zero-order chi connectivity index (χ0) is 24.9. The van der Waals surface area contributed by atoms with Crippen molar-refractivity contribution in [3.63, 3.8) is 0 Å². The number of thioether (sulfide) groups is 1. The van der Waals surface area contributed by atoms with E-state index in [1.807, 2.05) is 24.3 Å². The summed E-state index contributed by atoms with van der Waals surface area (Å²) < 4.78 is 5.62. The fourth-order valence-electron chi connectivity index (χ4n) is 7.28. The Morgan fingerprint density at radius 2 is 1.72 bits per heavy atom. The highest BCUT2D eigenvalue weighted by atomic mass is 32.2. The summed E-state index contributed by atoms with van der Waals surface area (Å²) in [6.45, 7) is -0.318. The van der Waals surface area contributed by atoms with Gasteiger partial charge in [-0.15, -0.1) is 0 Å². The van der Waals surface area contributed by atoms with Crippen molar-refractivity contribution in [3.05, 3.63) is 64.6 Å². The van der Waals surface area contributed by atoms with Gasteiger partial charge >= 0.3 is 0 Å². The lowest BCUT2D eigenvalue weighted by molar-refractivity contribution is -0.127. The molecule has 0 spiro atoms. The summed E-state index contributed by atoms with van der Waals surface area (Å²) in [6, 6.07) is 15.3. The monoisotopic (exact) mass is 502 g/mol. The number of benzene rings is 2. The topological polar surface area (TPSA) is 75.7 Å². The van der Waals surface area contributed by atoms with Gasteiger partial charge in [-0.2, -0.15) is 0 Å². The van der Waals surface area contributed by atoms with Crippen LogP contribution < -0.4 is 10.1 Å². The Morgan fingerprint density at radius 1 is 1.06 bits per heavy atom. The summed E-state index contributed by atoms with van der Waals surface area (Å²) in [5.41, 5.74) is 2.98. The van der Waals surface area contributed by atoms with E-state index in [2.05, 4.69) is 17.4 Å². The SMILES string of the molecule is COc1ccc(C23CC4CC(CC(C4)C2)C3)cc1/C=C1/SC(=O)N(CC(=O)Nc2ccccc2)C1=O. The minimum absolute atomic E-state index is 0.221. The van der Waals surface area contributed by atoms with Crippen molar-refractivity contribution in [3.8, 4) is 5.75 Å². The molecular weight excluding hydrogens is 472 g/mol. The second-order valence-corrected chi connectivity index (χ2v) is 11.8. The van der Waals surface area contributed by atoms with Crippen LogP contribution in [0.25, 0.3) is 6.08 Å². The van der Waals surface area contributed by atoms with Crippen molar-refractivity contribution in [2.24, 2.45) is 17.8 Å². The molecule has 2 aromatic carbocycles. The van der Waals surface area contributed by atoms with E-state index in [9.17, 15) is 14.4 Å². The number of methoxy groups -OCH3 is 1. The molecule has 0 radical (unpaired) electrons. The van der Waals surface area contributed by atoms with Crippen LogP contribution in [0.4, 0.5) is 10.5 Å². The maximum absolute atomic E-state index is 13.1. The van der Waals surface area contributed by atoms with Crippen molar-refractivity contribution >= 4 is 40.6 Å². The highest BCUT2D eigenvalue weighted by molar-refractivity contribution is 8.18. The van der Waals surface area contributed by atoms with Crippen molar-refractivity contribution in [2.75, 3.05) is 19.0 Å². The number of rotatable bonds is 6. The van der Waals surface area contributed by atoms with Crippen LogP contribution in [-0.2, 0) is 15.0 Å². The lowest BCUT2D eigenvalue weighted by Gasteiger charge is -2.57. The lowest BCUT2D eigenvalue weighted by Crippen LogP contribution is -2.48. The third-order valence-corrected chi connectivity index (χ3v) is 9.31. The van der Waals surface area contributed by atoms with Gasteiger partial charge in [0.2, 0.25) is 5.91 Å². The molecule has 5 aliphatic rings. The number of carbonyl (C=O) groups excluding carboxylic acids is 3. The Labute approximate surface area is 215 Å². The number of nitrogens with zero attached hydrogens (tertiary/aromatic N) is 1. The molecule has 36 heavy (non-hydrogen) atoms. The van der Waals surface area contributed by atoms with E-state index in [1.54, 1.807) is 25.3 Å². The second kappa shape index (κ2) is 9.11. The molecule has 0 unspecified atom stereocenters. The number of hydrogen-bond donors (Lipinski definition) is 1. The van der Waals surface area contributed by atoms with Crippen LogP contribution in [0.15, 0.2) is 53.4 Å². The van der Waals surface area contributed by atoms with E-state index in [1.165, 1.54) is 44.1 Å². The van der Waals surface area contributed by atoms with E-state index in [0.29, 0.717) is 16.3 Å². The summed E-state index contributed by atoms with van der Waals surface area (Å²) in [5.74, 6) is 2.32. The quantitative estimate of drug-likeness (QED) is 0.503. The van der Waals surface area contributed by atoms with Gasteiger partial charge in [0.25, 0.3) is 11.1 Å². The highest BCUT2D eigenvalue weighted by Gasteiger charge is 2.51. The van der Waals surface area contributed by atoms with E-state index in [4.69, 9.17) is 4.74 Å². The number of para-hydroxylation sites is 1. The molecular formula is C29H30N2O4S. The number of amides is 3. The molecule has 6 nitrogen and oxygen atoms in total. The molecule has 1 heterocycles. The van der Waals surface area contributed by atoms with Gasteiger partial charge < -0.3 is 10.1 Å². The largest absolute Gasteiger partial charge is 0.496 e. The first kappa shape index (κ1) is 23.3. The first-order valence-electron chi connectivity index (χ1n) is 12.7. The van der Waals surface area contributed by atoms with Gasteiger partial charge in [-0.05, 0) is 109 Å². The van der Waals surface area contributed by atoms with Gasteiger partial charge in [0.05, 0.1) is 12.0 Å². The molecule has 4 saturated carbocycles. The normalized spacial score (nSPS) is 29.8. The van der Waals surface area contributed by atoms with Gasteiger partial charge in [-0.3, -0.25) is 19.3 Å². The zero-order valence-corrected chi connectivity index (χ0v) is 21.2. The molecule has 7 rings (SSSR count). The fourth-order valence-corrected chi connectivity index (χ4v) is 8.11. The fraction of sp³-hybridized carbons (Fsp3) is 0.414. The maximum atomic E-state index is 13.1. The molecule has 4 aliphatic carbocycles. The molecule has 4 bridgehead atoms. The molecule has 3 amide bonds. The first-order valence-corrected chi connectivity index (χ1v) is 13.5. The summed E-state index contributed by atoms with van der Waals surface area (Å²) in [6.07, 6.45) is 9.64. The predicted molar refractivity (Wildman–Crippen MR) is 141 cm³/mol. The number of carbonyl (C=O) groups is 3. The summed E-state index contributed by atoms with van der Waals surface area (Å²) in [5, 5.41) is 2.29. The standard InChI is InChI=1S/C29H30N2O4S/c1-35-24-8-7-22(29-14-18-9-19(15-29)11-20(10-18)16-29)12-21(24)13-25-27(33)31(28(34)36-25)17-26(32)30-23-5-3-2-4-6-23/h2-8,12-13,18-20H,9-11,14-17H2,1H3,(H,30,32)/b25-13+. The van der Waals surface area contributed by atoms with Crippen molar-refractivity contribution in [1.29, 1.82) is 0 Å². The maximum Gasteiger partial charge on any atom is 0.294 e. The molecule has 7 heteroatoms. The Kier molecular flexibility index (Phi) is 5.91. The second-order valence-electron chi connectivity index (χ2n) is 10.8. The highest BCUT2D eigenvalue weighted by Crippen LogP contribution is 2.61. The summed E-state index contributed by atoms with van der Waals surface area (Å²) >= 11 is 0.872. The van der Waals surface area contributed by atoms with Gasteiger partial charge in [0.1, 0.15) is 12.3 Å². The van der Waals surface area contributed by atoms with Crippen LogP contribution in [0.3, 0.4) is 0 Å². The molecule has 5 fully saturated rings. The molecule has 1 saturated heterocycles. The number of hydrogen-bond acceptors (Lipinski definition) is 5. The average Bonchev–Trinajstić information content (AvgIpc) is 3.11. The predicted octanol–water partition coefficient (Wildman–Crippen LogP) is 5.84. The van der Waals surface area contributed by atoms with Crippen LogP contribution in [-0.4, -0.2) is 35.6 Å². The van der Waals surface area contributed by atoms with Gasteiger partial charge in [-0.25, -0.2) is 0 Å². The van der Waals surface area contributed by atoms with Gasteiger partial charge in [-0.1, -0.05) is 24.3 Å². The van der Waals surface area contributed by atoms with Crippen LogP contribution in [0, 0.1) is 17.8 Å². The number of imide groups is 1. The van der Waals surface area contributed by atoms with E-state index < -0.39 is 17.1 Å². The first-order chi connectivity index (χ1) is 17.4. The van der Waals surface area contributed by atoms with E-state index in [0.717, 1.165) is 40.0 Å². The summed E-state index contributed by atoms with van der Waals surface area (Å²) in [7, 11) is 1.62. The van der Waals surface area contributed by atoms with Crippen molar-refractivity contribution < 1.29 is 19.1 Å². The Balaban J connectivity index is 1.24. The van der Waals surface area contributed by atoms with E-state index >= 15 is 0 Å². The molecule has 0 atom stereocenters. The third-order valence-electron chi connectivity index (χ3n) is 8.40. The van der Waals surface area contributed by atoms with Crippen LogP contribution in [0.1, 0.15) is 49.7 Å². The Hall–Kier alpha value is -3.06. The smallest absolute Gasteiger partial charge is 0.294 e. The van der Waals surface area contributed by atoms with Gasteiger partial charge in [0.15, 0.2) is 0 Å². The van der Waals surface area contributed by atoms with E-state index in [-0.39, 0.29) is 12.0 Å². The minimum atomic E-state index is -0.449. The molecule has 1 aliphatic heterocycles. The average molecular weight is 503 g/mol. The van der Waals surface area contributed by atoms with Gasteiger partial charge in [0, 0.05) is 11.3 Å². The number of anilines is 1. The zero-order valence-electron chi connectivity index (χ0n) is 20.4. The van der Waals surface area contributed by atoms with Crippen LogP contribution in [0.2, 0.25) is 0 Å². The van der Waals surface area contributed by atoms with Crippen molar-refractivity contribution in [2.45, 2.75) is 43.9 Å². The minimum Gasteiger partial charge on any atom is -0.496 e. The molecule has 1 N–H and O–H groups in total. The molecule has 2 aromatic rings. The Bertz CT molecular complexity index is 1220. The summed E-state index contributed by atoms with van der Waals surface area (Å²) in [4.78, 5) is 39.5. The third kappa shape index (κ3) is 4.23. The van der Waals surface area contributed by atoms with Crippen molar-refractivity contribution in [1.82, 2.24) is 4.90 Å². The molecule has 0 aromatic heterocycles. The van der Waals surface area contributed by atoms with Crippen LogP contribution in [0.5, 0.6) is 5.75 Å². The van der Waals surface area contributed by atoms with Crippen LogP contribution >= 0.6 is 11.8 Å². The lowest BCUT2D eigenvalue weighted by atomic mass is 9.48. The number of nitrogens with one attached hydrogen (secondary N) is 1. The Morgan fingerprint density at radius 3 is 2.36 bits per heavy atom. The molecule has 186 valence electrons. The number of ether oxygens (including phenoxy) is 1.